The molecule has 0 atom stereocenters. The van der Waals surface area contributed by atoms with Crippen LogP contribution in [0.1, 0.15) is 0 Å². The second-order valence-electron chi connectivity index (χ2n) is 3.00. The van der Waals surface area contributed by atoms with Crippen molar-refractivity contribution in [3.63, 3.8) is 0 Å². The van der Waals surface area contributed by atoms with E-state index < -0.39 is 6.60 Å². The average molecular weight is 149 g/mol. The molecule has 0 aliphatic rings. The first kappa shape index (κ1) is 5.76. The third-order valence-corrected chi connectivity index (χ3v) is 0. The third-order valence-electron chi connectivity index (χ3n) is 0. The van der Waals surface area contributed by atoms with Gasteiger partial charge in [0.2, 0.25) is 0 Å². The Morgan fingerprint density at radius 3 is 1.20 bits per heavy atom. The number of rotatable bonds is 0. The van der Waals surface area contributed by atoms with E-state index in [4.69, 9.17) is 0 Å². The van der Waals surface area contributed by atoms with Crippen LogP contribution < -0.4 is 0 Å². The van der Waals surface area contributed by atoms with Crippen molar-refractivity contribution in [3.8, 4) is 0 Å². The molecule has 0 saturated carbocycles. The van der Waals surface area contributed by atoms with Gasteiger partial charge in [-0.25, -0.2) is 0 Å². The predicted molar refractivity (Wildman–Crippen MR) is 33.3 cm³/mol. The Morgan fingerprint density at radius 2 is 1.20 bits per heavy atom. The second kappa shape index (κ2) is 1.47. The molecule has 2 heteroatoms. The van der Waals surface area contributed by atoms with Gasteiger partial charge in [-0.1, -0.05) is 0 Å². The summed E-state index contributed by atoms with van der Waals surface area (Å²) in [4.78, 5) is 0. The molecule has 0 aromatic heterocycles. The van der Waals surface area contributed by atoms with Crippen LogP contribution in [0.5, 0.6) is 0 Å². The first-order valence-corrected chi connectivity index (χ1v) is 12.3. The van der Waals surface area contributed by atoms with Gasteiger partial charge in [0, 0.05) is 0 Å². The number of hydrogen-bond donors (Lipinski definition) is 0. The van der Waals surface area contributed by atoms with Crippen molar-refractivity contribution in [1.82, 2.24) is 0 Å². The third kappa shape index (κ3) is 62.8. The van der Waals surface area contributed by atoms with E-state index in [-0.39, 0.29) is 0 Å². The molecule has 0 spiro atoms. The van der Waals surface area contributed by atoms with Crippen LogP contribution in [-0.4, -0.2) is 22.5 Å². The minimum absolute atomic E-state index is 0.424. The van der Waals surface area contributed by atoms with Crippen molar-refractivity contribution < 1.29 is 0 Å². The van der Waals surface area contributed by atoms with Crippen LogP contribution >= 0.6 is 0 Å². The summed E-state index contributed by atoms with van der Waals surface area (Å²) in [6, 6.07) is 0. The van der Waals surface area contributed by atoms with Crippen molar-refractivity contribution in [3.05, 3.63) is 0 Å². The first-order chi connectivity index (χ1) is 2.00. The molecular weight excluding hydrogens is 137 g/mol. The molecule has 0 aromatic carbocycles. The van der Waals surface area contributed by atoms with Crippen molar-refractivity contribution in [1.29, 1.82) is 0 Å². The zero-order valence-corrected chi connectivity index (χ0v) is 9.70. The Hall–Kier alpha value is 0.760. The molecule has 32 valence electrons. The summed E-state index contributed by atoms with van der Waals surface area (Å²) in [7, 11) is 0. The fourth-order valence-electron chi connectivity index (χ4n) is 0. The molecule has 0 aliphatic carbocycles. The predicted octanol–water partition coefficient (Wildman–Crippen LogP) is 0.187. The van der Waals surface area contributed by atoms with E-state index in [0.29, 0.717) is 0 Å². The maximum absolute atomic E-state index is 2.41. The summed E-state index contributed by atoms with van der Waals surface area (Å²) >= 11 is 1.14. The summed E-state index contributed by atoms with van der Waals surface area (Å²) in [5.41, 5.74) is 0. The normalized spacial score (nSPS) is 12.6. The Morgan fingerprint density at radius 1 is 1.20 bits per heavy atom. The van der Waals surface area contributed by atoms with Gasteiger partial charge in [-0.2, -0.15) is 0 Å². The van der Waals surface area contributed by atoms with Gasteiger partial charge in [-0.15, -0.1) is 0 Å². The molecule has 0 N–H and O–H groups in total. The van der Waals surface area contributed by atoms with Crippen molar-refractivity contribution in [2.75, 3.05) is 0 Å². The zero-order chi connectivity index (χ0) is 4.50. The summed E-state index contributed by atoms with van der Waals surface area (Å²) in [5, 5.41) is 0. The monoisotopic (exact) mass is 150 g/mol. The van der Waals surface area contributed by atoms with Crippen LogP contribution in [0, 0.1) is 0 Å². The zero-order valence-electron chi connectivity index (χ0n) is 4.50. The van der Waals surface area contributed by atoms with Crippen LogP contribution in [-0.2, 0) is 0 Å². The summed E-state index contributed by atoms with van der Waals surface area (Å²) in [5.74, 6) is 0. The van der Waals surface area contributed by atoms with E-state index in [1.54, 1.807) is 0 Å². The standard InChI is InChI=1S/C3H12GeSi/c1-5(2,3)4/h1-4H3. The van der Waals surface area contributed by atoms with E-state index in [1.165, 1.54) is 0 Å². The van der Waals surface area contributed by atoms with Crippen LogP contribution in [0.3, 0.4) is 0 Å². The molecule has 0 amide bonds. The molecule has 0 aliphatic heterocycles. The first-order valence-electron chi connectivity index (χ1n) is 2.00. The Labute approximate surface area is 42.6 Å². The van der Waals surface area contributed by atoms with Crippen LogP contribution in [0.15, 0.2) is 0 Å². The SMILES string of the molecule is C[Si](C)(C)[GeH3]. The molecule has 0 heterocycles. The molecule has 0 fully saturated rings. The van der Waals surface area contributed by atoms with Gasteiger partial charge in [0.25, 0.3) is 0 Å². The topological polar surface area (TPSA) is 0 Å². The molecule has 0 bridgehead atoms. The molecule has 5 heavy (non-hydrogen) atoms. The van der Waals surface area contributed by atoms with E-state index in [1.807, 2.05) is 0 Å². The molecule has 0 unspecified atom stereocenters. The van der Waals surface area contributed by atoms with E-state index in [9.17, 15) is 0 Å². The quantitative estimate of drug-likeness (QED) is 0.431. The Kier molecular flexibility index (Phi) is 1.70. The summed E-state index contributed by atoms with van der Waals surface area (Å²) < 4.78 is 0. The fourth-order valence-corrected chi connectivity index (χ4v) is 0. The maximum atomic E-state index is 2.41. The Bertz CT molecular complexity index is 22.4. The van der Waals surface area contributed by atoms with E-state index in [0.717, 1.165) is 15.9 Å². The summed E-state index contributed by atoms with van der Waals surface area (Å²) in [6.07, 6.45) is 0. The van der Waals surface area contributed by atoms with Crippen LogP contribution in [0.2, 0.25) is 19.6 Å². The molecule has 0 rings (SSSR count). The van der Waals surface area contributed by atoms with Gasteiger partial charge in [-0.05, 0) is 0 Å². The molecule has 0 saturated heterocycles. The van der Waals surface area contributed by atoms with Crippen LogP contribution in [0.4, 0.5) is 0 Å². The molecule has 0 aromatic rings. The van der Waals surface area contributed by atoms with Gasteiger partial charge >= 0.3 is 42.1 Å². The van der Waals surface area contributed by atoms with Crippen molar-refractivity contribution >= 4 is 22.5 Å². The number of hydrogen-bond acceptors (Lipinski definition) is 0. The molecule has 0 nitrogen and oxygen atoms in total. The van der Waals surface area contributed by atoms with Gasteiger partial charge in [-0.3, -0.25) is 0 Å². The van der Waals surface area contributed by atoms with Crippen molar-refractivity contribution in [2.24, 2.45) is 0 Å². The fraction of sp³-hybridized carbons (Fsp3) is 1.00. The van der Waals surface area contributed by atoms with Gasteiger partial charge < -0.3 is 0 Å². The second-order valence-corrected chi connectivity index (χ2v) is 27.9. The van der Waals surface area contributed by atoms with E-state index in [2.05, 4.69) is 19.6 Å². The summed E-state index contributed by atoms with van der Waals surface area (Å²) in [6.45, 7) is 6.81. The van der Waals surface area contributed by atoms with Crippen molar-refractivity contribution in [2.45, 2.75) is 19.6 Å². The van der Waals surface area contributed by atoms with E-state index >= 15 is 0 Å². The van der Waals surface area contributed by atoms with Crippen LogP contribution in [0.25, 0.3) is 0 Å². The average Bonchev–Trinajstić information content (AvgIpc) is 0.722. The Balaban J connectivity index is 3.02. The van der Waals surface area contributed by atoms with Gasteiger partial charge in [0.15, 0.2) is 0 Å². The molecular formula is C3H12GeSi. The van der Waals surface area contributed by atoms with Gasteiger partial charge in [0.05, 0.1) is 0 Å². The molecule has 0 radical (unpaired) electrons. The van der Waals surface area contributed by atoms with Gasteiger partial charge in [0.1, 0.15) is 0 Å². The minimum atomic E-state index is -0.424.